The summed E-state index contributed by atoms with van der Waals surface area (Å²) in [5.74, 6) is -7.58. The Balaban J connectivity index is 2.89. The number of rotatable bonds is 4. The molecule has 0 aromatic carbocycles. The van der Waals surface area contributed by atoms with Crippen LogP contribution in [0, 0.1) is 0 Å². The second-order valence-corrected chi connectivity index (χ2v) is 4.68. The second-order valence-electron chi connectivity index (χ2n) is 4.68. The molecule has 1 aliphatic heterocycles. The van der Waals surface area contributed by atoms with E-state index in [2.05, 4.69) is 5.32 Å². The largest absolute Gasteiger partial charge is 0.383 e. The summed E-state index contributed by atoms with van der Waals surface area (Å²) in [4.78, 5) is 23.8. The molecule has 0 aliphatic carbocycles. The first-order chi connectivity index (χ1) is 9.17. The maximum atomic E-state index is 13.1. The average molecular weight is 300 g/mol. The standard InChI is InChI=1S/C11H16F4N2O3/c1-6(2)16-8(18)7-5-20-4-3-17(7)10(19)11(14,15)9(12)13/h6-7,9H,3-5H2,1-2H3,(H,16,18). The van der Waals surface area contributed by atoms with Crippen molar-refractivity contribution in [1.82, 2.24) is 10.2 Å². The molecule has 9 heteroatoms. The van der Waals surface area contributed by atoms with Crippen molar-refractivity contribution in [2.45, 2.75) is 38.3 Å². The highest BCUT2D eigenvalue weighted by atomic mass is 19.3. The predicted octanol–water partition coefficient (Wildman–Crippen LogP) is 0.639. The fourth-order valence-corrected chi connectivity index (χ4v) is 1.73. The number of amides is 2. The third-order valence-corrected chi connectivity index (χ3v) is 2.68. The minimum Gasteiger partial charge on any atom is -0.377 e. The Kier molecular flexibility index (Phi) is 5.32. The molecular formula is C11H16F4N2O3. The smallest absolute Gasteiger partial charge is 0.377 e. The van der Waals surface area contributed by atoms with E-state index in [0.717, 1.165) is 0 Å². The van der Waals surface area contributed by atoms with Crippen LogP contribution in [0.2, 0.25) is 0 Å². The average Bonchev–Trinajstić information content (AvgIpc) is 2.36. The van der Waals surface area contributed by atoms with E-state index >= 15 is 0 Å². The van der Waals surface area contributed by atoms with Gasteiger partial charge in [-0.05, 0) is 13.8 Å². The Bertz CT molecular complexity index is 377. The second kappa shape index (κ2) is 6.38. The lowest BCUT2D eigenvalue weighted by atomic mass is 10.1. The van der Waals surface area contributed by atoms with Gasteiger partial charge in [-0.1, -0.05) is 0 Å². The minimum atomic E-state index is -4.81. The minimum absolute atomic E-state index is 0.0868. The summed E-state index contributed by atoms with van der Waals surface area (Å²) < 4.78 is 55.6. The van der Waals surface area contributed by atoms with E-state index in [0.29, 0.717) is 4.90 Å². The van der Waals surface area contributed by atoms with Gasteiger partial charge in [-0.3, -0.25) is 9.59 Å². The van der Waals surface area contributed by atoms with Crippen LogP contribution in [0.5, 0.6) is 0 Å². The van der Waals surface area contributed by atoms with E-state index in [1.807, 2.05) is 0 Å². The van der Waals surface area contributed by atoms with Crippen LogP contribution in [-0.4, -0.2) is 60.9 Å². The van der Waals surface area contributed by atoms with Crippen LogP contribution in [0.15, 0.2) is 0 Å². The van der Waals surface area contributed by atoms with Gasteiger partial charge in [-0.2, -0.15) is 8.78 Å². The molecule has 1 atom stereocenters. The van der Waals surface area contributed by atoms with Gasteiger partial charge in [0.15, 0.2) is 0 Å². The van der Waals surface area contributed by atoms with Gasteiger partial charge in [0.2, 0.25) is 5.91 Å². The Labute approximate surface area is 113 Å². The maximum absolute atomic E-state index is 13.1. The van der Waals surface area contributed by atoms with Crippen molar-refractivity contribution in [3.05, 3.63) is 0 Å². The molecule has 1 saturated heterocycles. The summed E-state index contributed by atoms with van der Waals surface area (Å²) in [6.07, 6.45) is -4.12. The molecule has 1 rings (SSSR count). The lowest BCUT2D eigenvalue weighted by Gasteiger charge is -2.36. The molecule has 0 radical (unpaired) electrons. The van der Waals surface area contributed by atoms with E-state index < -0.39 is 30.2 Å². The SMILES string of the molecule is CC(C)NC(=O)C1COCCN1C(=O)C(F)(F)C(F)F. The van der Waals surface area contributed by atoms with Crippen molar-refractivity contribution < 1.29 is 31.9 Å². The van der Waals surface area contributed by atoms with Crippen molar-refractivity contribution in [3.8, 4) is 0 Å². The van der Waals surface area contributed by atoms with Crippen molar-refractivity contribution in [3.63, 3.8) is 0 Å². The monoisotopic (exact) mass is 300 g/mol. The van der Waals surface area contributed by atoms with Gasteiger partial charge in [0, 0.05) is 12.6 Å². The number of halogens is 4. The number of nitrogens with zero attached hydrogens (tertiary/aromatic N) is 1. The van der Waals surface area contributed by atoms with Crippen LogP contribution in [-0.2, 0) is 14.3 Å². The first-order valence-corrected chi connectivity index (χ1v) is 6.03. The quantitative estimate of drug-likeness (QED) is 0.775. The summed E-state index contributed by atoms with van der Waals surface area (Å²) in [7, 11) is 0. The molecule has 1 heterocycles. The van der Waals surface area contributed by atoms with Crippen LogP contribution >= 0.6 is 0 Å². The molecule has 0 spiro atoms. The van der Waals surface area contributed by atoms with Gasteiger partial charge in [0.1, 0.15) is 6.04 Å². The highest BCUT2D eigenvalue weighted by Gasteiger charge is 2.53. The zero-order chi connectivity index (χ0) is 15.5. The molecule has 2 amide bonds. The van der Waals surface area contributed by atoms with Crippen LogP contribution in [0.3, 0.4) is 0 Å². The number of morpholine rings is 1. The van der Waals surface area contributed by atoms with Crippen molar-refractivity contribution in [2.24, 2.45) is 0 Å². The van der Waals surface area contributed by atoms with Gasteiger partial charge in [-0.15, -0.1) is 0 Å². The first-order valence-electron chi connectivity index (χ1n) is 6.03. The van der Waals surface area contributed by atoms with Crippen LogP contribution in [0.25, 0.3) is 0 Å². The summed E-state index contributed by atoms with van der Waals surface area (Å²) in [6.45, 7) is 2.56. The molecule has 1 unspecified atom stereocenters. The number of alkyl halides is 4. The first kappa shape index (κ1) is 16.7. The highest BCUT2D eigenvalue weighted by Crippen LogP contribution is 2.27. The normalized spacial score (nSPS) is 20.4. The molecule has 0 aromatic rings. The van der Waals surface area contributed by atoms with Gasteiger partial charge in [-0.25, -0.2) is 8.78 Å². The Hall–Kier alpha value is -1.38. The number of ether oxygens (including phenoxy) is 1. The zero-order valence-electron chi connectivity index (χ0n) is 11.0. The predicted molar refractivity (Wildman–Crippen MR) is 60.5 cm³/mol. The maximum Gasteiger partial charge on any atom is 0.383 e. The van der Waals surface area contributed by atoms with Gasteiger partial charge in [0.05, 0.1) is 13.2 Å². The number of nitrogens with one attached hydrogen (secondary N) is 1. The summed E-state index contributed by atoms with van der Waals surface area (Å²) in [6, 6.07) is -1.61. The van der Waals surface area contributed by atoms with Crippen molar-refractivity contribution in [2.75, 3.05) is 19.8 Å². The van der Waals surface area contributed by atoms with E-state index in [-0.39, 0.29) is 25.8 Å². The number of hydrogen-bond donors (Lipinski definition) is 1. The van der Waals surface area contributed by atoms with E-state index in [1.54, 1.807) is 13.8 Å². The van der Waals surface area contributed by atoms with E-state index in [1.165, 1.54) is 0 Å². The fourth-order valence-electron chi connectivity index (χ4n) is 1.73. The number of carbonyl (C=O) groups is 2. The highest BCUT2D eigenvalue weighted by molar-refractivity contribution is 5.91. The molecule has 5 nitrogen and oxygen atoms in total. The van der Waals surface area contributed by atoms with Crippen molar-refractivity contribution >= 4 is 11.8 Å². The summed E-state index contributed by atoms with van der Waals surface area (Å²) >= 11 is 0. The van der Waals surface area contributed by atoms with E-state index in [4.69, 9.17) is 4.74 Å². The van der Waals surface area contributed by atoms with Crippen molar-refractivity contribution in [1.29, 1.82) is 0 Å². The molecule has 0 saturated carbocycles. The molecule has 20 heavy (non-hydrogen) atoms. The molecule has 1 N–H and O–H groups in total. The summed E-state index contributed by atoms with van der Waals surface area (Å²) in [5, 5.41) is 2.43. The molecule has 116 valence electrons. The summed E-state index contributed by atoms with van der Waals surface area (Å²) in [5.41, 5.74) is 0. The Morgan fingerprint density at radius 1 is 1.35 bits per heavy atom. The topological polar surface area (TPSA) is 58.6 Å². The third kappa shape index (κ3) is 3.59. The van der Waals surface area contributed by atoms with Crippen LogP contribution < -0.4 is 5.32 Å². The molecular weight excluding hydrogens is 284 g/mol. The Morgan fingerprint density at radius 2 is 1.95 bits per heavy atom. The third-order valence-electron chi connectivity index (χ3n) is 2.68. The number of hydrogen-bond acceptors (Lipinski definition) is 3. The van der Waals surface area contributed by atoms with Gasteiger partial charge < -0.3 is 15.0 Å². The molecule has 0 aromatic heterocycles. The van der Waals surface area contributed by atoms with E-state index in [9.17, 15) is 27.2 Å². The van der Waals surface area contributed by atoms with Gasteiger partial charge >= 0.3 is 12.3 Å². The van der Waals surface area contributed by atoms with Gasteiger partial charge in [0.25, 0.3) is 5.91 Å². The number of carbonyl (C=O) groups excluding carboxylic acids is 2. The Morgan fingerprint density at radius 3 is 2.45 bits per heavy atom. The lowest BCUT2D eigenvalue weighted by molar-refractivity contribution is -0.188. The van der Waals surface area contributed by atoms with Crippen LogP contribution in [0.4, 0.5) is 17.6 Å². The fraction of sp³-hybridized carbons (Fsp3) is 0.818. The van der Waals surface area contributed by atoms with Crippen LogP contribution in [0.1, 0.15) is 13.8 Å². The lowest BCUT2D eigenvalue weighted by Crippen LogP contribution is -2.61. The molecule has 1 fully saturated rings. The molecule has 0 bridgehead atoms. The zero-order valence-corrected chi connectivity index (χ0v) is 11.0. The molecule has 1 aliphatic rings.